The summed E-state index contributed by atoms with van der Waals surface area (Å²) in [6.07, 6.45) is 2.41. The van der Waals surface area contributed by atoms with Crippen LogP contribution in [0.1, 0.15) is 71.0 Å². The summed E-state index contributed by atoms with van der Waals surface area (Å²) >= 11 is 0. The van der Waals surface area contributed by atoms with Crippen LogP contribution in [0.25, 0.3) is 0 Å². The van der Waals surface area contributed by atoms with Crippen molar-refractivity contribution >= 4 is 11.8 Å². The smallest absolute Gasteiger partial charge is 0.242 e. The highest BCUT2D eigenvalue weighted by Crippen LogP contribution is 2.35. The van der Waals surface area contributed by atoms with Crippen LogP contribution in [0.4, 0.5) is 0 Å². The number of piperazine rings is 1. The van der Waals surface area contributed by atoms with Crippen LogP contribution in [0.2, 0.25) is 0 Å². The molecule has 1 atom stereocenters. The van der Waals surface area contributed by atoms with Gasteiger partial charge in [0.2, 0.25) is 11.8 Å². The van der Waals surface area contributed by atoms with Crippen molar-refractivity contribution in [3.8, 4) is 6.07 Å². The van der Waals surface area contributed by atoms with Gasteiger partial charge in [-0.3, -0.25) is 9.59 Å². The molecule has 0 saturated carbocycles. The lowest BCUT2D eigenvalue weighted by Crippen LogP contribution is -2.58. The fourth-order valence-corrected chi connectivity index (χ4v) is 5.49. The number of nitrogens with zero attached hydrogens (tertiary/aromatic N) is 3. The van der Waals surface area contributed by atoms with E-state index in [1.807, 2.05) is 25.1 Å². The molecule has 1 aromatic rings. The molecule has 6 heteroatoms. The topological polar surface area (TPSA) is 76.4 Å². The molecule has 1 aromatic carbocycles. The minimum atomic E-state index is -0.184. The molecule has 30 heavy (non-hydrogen) atoms. The van der Waals surface area contributed by atoms with Crippen LogP contribution in [0, 0.1) is 17.2 Å². The Morgan fingerprint density at radius 1 is 1.20 bits per heavy atom. The molecule has 6 nitrogen and oxygen atoms in total. The number of benzene rings is 1. The Morgan fingerprint density at radius 2 is 1.83 bits per heavy atom. The van der Waals surface area contributed by atoms with Gasteiger partial charge in [0.1, 0.15) is 0 Å². The van der Waals surface area contributed by atoms with Crippen LogP contribution >= 0.6 is 0 Å². The lowest BCUT2D eigenvalue weighted by Gasteiger charge is -2.47. The van der Waals surface area contributed by atoms with Crippen molar-refractivity contribution in [1.82, 2.24) is 15.1 Å². The van der Waals surface area contributed by atoms with Crippen LogP contribution in [0.3, 0.4) is 0 Å². The van der Waals surface area contributed by atoms with Crippen molar-refractivity contribution in [2.45, 2.75) is 71.0 Å². The minimum absolute atomic E-state index is 0.00474. The normalized spacial score (nSPS) is 22.5. The maximum absolute atomic E-state index is 13.0. The second kappa shape index (κ2) is 8.39. The lowest BCUT2D eigenvalue weighted by molar-refractivity contribution is -0.147. The highest BCUT2D eigenvalue weighted by molar-refractivity contribution is 5.86. The van der Waals surface area contributed by atoms with E-state index in [4.69, 9.17) is 0 Å². The SMILES string of the molecule is CC(c1ccccc1C#N)N1CCN(C(=O)CC2CC(C)(C)NC(C)(C)C2)CC1=O. The van der Waals surface area contributed by atoms with Crippen molar-refractivity contribution < 1.29 is 9.59 Å². The molecular formula is C24H34N4O2. The van der Waals surface area contributed by atoms with Crippen molar-refractivity contribution in [1.29, 1.82) is 5.26 Å². The maximum Gasteiger partial charge on any atom is 0.242 e. The van der Waals surface area contributed by atoms with E-state index in [0.29, 0.717) is 31.0 Å². The predicted molar refractivity (Wildman–Crippen MR) is 116 cm³/mol. The van der Waals surface area contributed by atoms with Crippen LogP contribution in [0.5, 0.6) is 0 Å². The number of hydrogen-bond donors (Lipinski definition) is 1. The Labute approximate surface area is 180 Å². The van der Waals surface area contributed by atoms with E-state index in [0.717, 1.165) is 18.4 Å². The van der Waals surface area contributed by atoms with Gasteiger partial charge >= 0.3 is 0 Å². The highest BCUT2D eigenvalue weighted by atomic mass is 16.2. The Bertz CT molecular complexity index is 839. The van der Waals surface area contributed by atoms with Crippen LogP contribution in [0.15, 0.2) is 24.3 Å². The summed E-state index contributed by atoms with van der Waals surface area (Å²) in [6, 6.07) is 9.42. The van der Waals surface area contributed by atoms with Gasteiger partial charge in [-0.1, -0.05) is 18.2 Å². The first-order chi connectivity index (χ1) is 14.0. The number of rotatable bonds is 4. The lowest BCUT2D eigenvalue weighted by atomic mass is 9.74. The standard InChI is InChI=1S/C24H34N4O2/c1-17(20-9-7-6-8-19(20)15-25)28-11-10-27(16-22(28)30)21(29)12-18-13-23(2,3)26-24(4,5)14-18/h6-9,17-18,26H,10-14,16H2,1-5H3. The molecule has 1 N–H and O–H groups in total. The van der Waals surface area contributed by atoms with Gasteiger partial charge in [0.05, 0.1) is 24.2 Å². The molecule has 0 aliphatic carbocycles. The molecule has 0 radical (unpaired) electrons. The van der Waals surface area contributed by atoms with Crippen LogP contribution in [-0.4, -0.2) is 52.3 Å². The van der Waals surface area contributed by atoms with Gasteiger partial charge in [0.15, 0.2) is 0 Å². The number of hydrogen-bond acceptors (Lipinski definition) is 4. The number of carbonyl (C=O) groups is 2. The van der Waals surface area contributed by atoms with Crippen molar-refractivity contribution in [3.05, 3.63) is 35.4 Å². The molecular weight excluding hydrogens is 376 g/mol. The number of piperidine rings is 1. The maximum atomic E-state index is 13.0. The second-order valence-corrected chi connectivity index (χ2v) is 10.1. The zero-order chi connectivity index (χ0) is 22.1. The molecule has 3 rings (SSSR count). The molecule has 0 bridgehead atoms. The van der Waals surface area contributed by atoms with E-state index in [-0.39, 0.29) is 35.5 Å². The first-order valence-corrected chi connectivity index (χ1v) is 10.9. The molecule has 0 spiro atoms. The Kier molecular flexibility index (Phi) is 6.24. The number of amides is 2. The van der Waals surface area contributed by atoms with E-state index in [2.05, 4.69) is 39.1 Å². The van der Waals surface area contributed by atoms with Crippen LogP contribution in [-0.2, 0) is 9.59 Å². The molecule has 2 aliphatic heterocycles. The fraction of sp³-hybridized carbons (Fsp3) is 0.625. The molecule has 2 aliphatic rings. The van der Waals surface area contributed by atoms with Crippen LogP contribution < -0.4 is 5.32 Å². The average molecular weight is 411 g/mol. The van der Waals surface area contributed by atoms with Crippen molar-refractivity contribution in [3.63, 3.8) is 0 Å². The summed E-state index contributed by atoms with van der Waals surface area (Å²) in [6.45, 7) is 11.9. The predicted octanol–water partition coefficient (Wildman–Crippen LogP) is 3.24. The van der Waals surface area contributed by atoms with E-state index in [1.165, 1.54) is 0 Å². The number of carbonyl (C=O) groups excluding carboxylic acids is 2. The monoisotopic (exact) mass is 410 g/mol. The van der Waals surface area contributed by atoms with Gasteiger partial charge in [0.25, 0.3) is 0 Å². The summed E-state index contributed by atoms with van der Waals surface area (Å²) in [5, 5.41) is 13.0. The summed E-state index contributed by atoms with van der Waals surface area (Å²) in [5.41, 5.74) is 1.45. The van der Waals surface area contributed by atoms with E-state index in [9.17, 15) is 14.9 Å². The minimum Gasteiger partial charge on any atom is -0.333 e. The average Bonchev–Trinajstić information content (AvgIpc) is 2.64. The van der Waals surface area contributed by atoms with Crippen molar-refractivity contribution in [2.75, 3.05) is 19.6 Å². The second-order valence-electron chi connectivity index (χ2n) is 10.1. The fourth-order valence-electron chi connectivity index (χ4n) is 5.49. The molecule has 2 amide bonds. The molecule has 0 aromatic heterocycles. The Morgan fingerprint density at radius 3 is 2.43 bits per heavy atom. The zero-order valence-electron chi connectivity index (χ0n) is 18.9. The summed E-state index contributed by atoms with van der Waals surface area (Å²) in [5.74, 6) is 0.339. The third kappa shape index (κ3) is 5.02. The number of nitrogens with one attached hydrogen (secondary N) is 1. The molecule has 162 valence electrons. The summed E-state index contributed by atoms with van der Waals surface area (Å²) in [7, 11) is 0. The van der Waals surface area contributed by atoms with Gasteiger partial charge in [0, 0.05) is 30.6 Å². The quantitative estimate of drug-likeness (QED) is 0.827. The van der Waals surface area contributed by atoms with E-state index >= 15 is 0 Å². The summed E-state index contributed by atoms with van der Waals surface area (Å²) < 4.78 is 0. The van der Waals surface area contributed by atoms with E-state index in [1.54, 1.807) is 15.9 Å². The molecule has 2 heterocycles. The largest absolute Gasteiger partial charge is 0.333 e. The molecule has 2 saturated heterocycles. The molecule has 1 unspecified atom stereocenters. The van der Waals surface area contributed by atoms with Gasteiger partial charge in [-0.25, -0.2) is 0 Å². The van der Waals surface area contributed by atoms with Gasteiger partial charge in [-0.15, -0.1) is 0 Å². The third-order valence-electron chi connectivity index (χ3n) is 6.35. The van der Waals surface area contributed by atoms with Gasteiger partial charge < -0.3 is 15.1 Å². The summed E-state index contributed by atoms with van der Waals surface area (Å²) in [4.78, 5) is 29.3. The Hall–Kier alpha value is -2.39. The Balaban J connectivity index is 1.62. The first-order valence-electron chi connectivity index (χ1n) is 10.9. The first kappa shape index (κ1) is 22.3. The van der Waals surface area contributed by atoms with Gasteiger partial charge in [-0.05, 0) is 65.0 Å². The zero-order valence-corrected chi connectivity index (χ0v) is 18.9. The van der Waals surface area contributed by atoms with E-state index < -0.39 is 0 Å². The third-order valence-corrected chi connectivity index (χ3v) is 6.35. The molecule has 2 fully saturated rings. The van der Waals surface area contributed by atoms with Crippen molar-refractivity contribution in [2.24, 2.45) is 5.92 Å². The highest BCUT2D eigenvalue weighted by Gasteiger charge is 2.39. The van der Waals surface area contributed by atoms with Gasteiger partial charge in [-0.2, -0.15) is 5.26 Å². The number of nitriles is 1.